The van der Waals surface area contributed by atoms with Crippen molar-refractivity contribution in [2.24, 2.45) is 5.92 Å². The average Bonchev–Trinajstić information content (AvgIpc) is 3.13. The second-order valence-corrected chi connectivity index (χ2v) is 16.8. The first kappa shape index (κ1) is 47.3. The van der Waals surface area contributed by atoms with Crippen LogP contribution in [0.5, 0.6) is 0 Å². The molecule has 0 aliphatic carbocycles. The van der Waals surface area contributed by atoms with E-state index in [0.29, 0.717) is 16.5 Å². The molecule has 14 nitrogen and oxygen atoms in total. The molecule has 56 heavy (non-hydrogen) atoms. The number of aliphatic hydroxyl groups is 1. The zero-order chi connectivity index (χ0) is 42.2. The zero-order valence-electron chi connectivity index (χ0n) is 34.9. The summed E-state index contributed by atoms with van der Waals surface area (Å²) in [5.74, 6) is -3.86. The number of hydrogen-bond acceptors (Lipinski definition) is 8. The number of nitrogens with one attached hydrogen (secondary N) is 5. The molecule has 0 heterocycles. The first-order valence-electron chi connectivity index (χ1n) is 19.3. The first-order valence-corrected chi connectivity index (χ1v) is 19.3. The van der Waals surface area contributed by atoms with E-state index in [1.165, 1.54) is 6.92 Å². The molecule has 310 valence electrons. The molecular formula is C42H65N6O8+. The summed E-state index contributed by atoms with van der Waals surface area (Å²) >= 11 is 0. The van der Waals surface area contributed by atoms with Gasteiger partial charge in [0.15, 0.2) is 6.04 Å². The van der Waals surface area contributed by atoms with Gasteiger partial charge in [0.1, 0.15) is 24.2 Å². The molecule has 14 heteroatoms. The quantitative estimate of drug-likeness (QED) is 0.0632. The van der Waals surface area contributed by atoms with Crippen molar-refractivity contribution in [2.45, 2.75) is 109 Å². The highest BCUT2D eigenvalue weighted by Crippen LogP contribution is 2.22. The molecule has 2 aromatic rings. The van der Waals surface area contributed by atoms with Crippen LogP contribution in [0, 0.1) is 5.92 Å². The number of ether oxygens (including phenoxy) is 1. The Labute approximate surface area is 332 Å². The third-order valence-corrected chi connectivity index (χ3v) is 9.20. The second kappa shape index (κ2) is 22.1. The number of hydrogen-bond donors (Lipinski definition) is 6. The number of nitrogens with zero attached hydrogens (tertiary/aromatic N) is 1. The van der Waals surface area contributed by atoms with Crippen LogP contribution in [-0.2, 0) is 40.5 Å². The lowest BCUT2D eigenvalue weighted by atomic mass is 9.86. The molecule has 0 aliphatic heterocycles. The van der Waals surface area contributed by atoms with Crippen molar-refractivity contribution in [1.82, 2.24) is 26.6 Å². The van der Waals surface area contributed by atoms with E-state index in [0.717, 1.165) is 31.2 Å². The molecule has 0 bridgehead atoms. The number of carbonyl (C=O) groups excluding carboxylic acids is 6. The average molecular weight is 782 g/mol. The second-order valence-electron chi connectivity index (χ2n) is 16.8. The van der Waals surface area contributed by atoms with Crippen LogP contribution in [0.3, 0.4) is 0 Å². The SMILES string of the molecule is COC(=O)[C@H](CO)NC(=O)[C@H](CCCC[N+](C)(C)C)NC(=O)[C@H](CC(C)C)NC(=O)[C@H](C)NC(=O)[C@H](Cc1ccccc1)NC(=O)c1ccc(C(C)(C)C)cc1. The van der Waals surface area contributed by atoms with Gasteiger partial charge in [-0.2, -0.15) is 0 Å². The molecule has 0 spiro atoms. The van der Waals surface area contributed by atoms with E-state index in [1.54, 1.807) is 12.1 Å². The van der Waals surface area contributed by atoms with Gasteiger partial charge in [-0.15, -0.1) is 0 Å². The van der Waals surface area contributed by atoms with Crippen LogP contribution in [0.1, 0.15) is 88.7 Å². The Morgan fingerprint density at radius 1 is 0.696 bits per heavy atom. The van der Waals surface area contributed by atoms with Gasteiger partial charge in [-0.1, -0.05) is 77.1 Å². The van der Waals surface area contributed by atoms with Crippen molar-refractivity contribution in [3.05, 3.63) is 71.3 Å². The Morgan fingerprint density at radius 2 is 1.25 bits per heavy atom. The first-order chi connectivity index (χ1) is 26.1. The highest BCUT2D eigenvalue weighted by molar-refractivity contribution is 5.99. The number of quaternary nitrogens is 1. The molecule has 0 saturated carbocycles. The maximum atomic E-state index is 13.8. The number of unbranched alkanes of at least 4 members (excludes halogenated alkanes) is 1. The van der Waals surface area contributed by atoms with Gasteiger partial charge in [0, 0.05) is 12.0 Å². The van der Waals surface area contributed by atoms with Crippen LogP contribution in [0.4, 0.5) is 0 Å². The minimum Gasteiger partial charge on any atom is -0.467 e. The molecule has 2 aromatic carbocycles. The summed E-state index contributed by atoms with van der Waals surface area (Å²) < 4.78 is 5.38. The van der Waals surface area contributed by atoms with E-state index < -0.39 is 72.3 Å². The molecular weight excluding hydrogens is 716 g/mol. The monoisotopic (exact) mass is 781 g/mol. The Balaban J connectivity index is 2.23. The maximum absolute atomic E-state index is 13.8. The summed E-state index contributed by atoms with van der Waals surface area (Å²) in [6, 6.07) is 10.8. The summed E-state index contributed by atoms with van der Waals surface area (Å²) in [5.41, 5.74) is 2.14. The predicted octanol–water partition coefficient (Wildman–Crippen LogP) is 2.37. The predicted molar refractivity (Wildman–Crippen MR) is 215 cm³/mol. The molecule has 2 rings (SSSR count). The Morgan fingerprint density at radius 3 is 1.79 bits per heavy atom. The normalized spacial score (nSPS) is 14.4. The molecule has 0 unspecified atom stereocenters. The van der Waals surface area contributed by atoms with Gasteiger partial charge in [-0.3, -0.25) is 24.0 Å². The number of amides is 5. The van der Waals surface area contributed by atoms with Crippen molar-refractivity contribution < 1.29 is 43.1 Å². The number of rotatable bonds is 21. The van der Waals surface area contributed by atoms with Gasteiger partial charge in [0.2, 0.25) is 23.6 Å². The third kappa shape index (κ3) is 16.5. The number of carbonyl (C=O) groups is 6. The molecule has 0 radical (unpaired) electrons. The van der Waals surface area contributed by atoms with Gasteiger partial charge in [-0.05, 0) is 67.2 Å². The smallest absolute Gasteiger partial charge is 0.330 e. The van der Waals surface area contributed by atoms with Gasteiger partial charge >= 0.3 is 5.97 Å². The summed E-state index contributed by atoms with van der Waals surface area (Å²) in [5, 5.41) is 23.1. The van der Waals surface area contributed by atoms with Crippen LogP contribution in [0.2, 0.25) is 0 Å². The Hall–Kier alpha value is -4.82. The lowest BCUT2D eigenvalue weighted by Gasteiger charge is -2.27. The molecule has 5 amide bonds. The Bertz CT molecular complexity index is 1600. The largest absolute Gasteiger partial charge is 0.467 e. The van der Waals surface area contributed by atoms with Gasteiger partial charge < -0.3 is 40.9 Å². The van der Waals surface area contributed by atoms with Crippen LogP contribution >= 0.6 is 0 Å². The van der Waals surface area contributed by atoms with E-state index >= 15 is 0 Å². The van der Waals surface area contributed by atoms with E-state index in [2.05, 4.69) is 52.1 Å². The highest BCUT2D eigenvalue weighted by Gasteiger charge is 2.32. The fraction of sp³-hybridized carbons (Fsp3) is 0.571. The fourth-order valence-corrected chi connectivity index (χ4v) is 5.87. The summed E-state index contributed by atoms with van der Waals surface area (Å²) in [7, 11) is 7.27. The van der Waals surface area contributed by atoms with E-state index in [1.807, 2.05) is 77.5 Å². The van der Waals surface area contributed by atoms with Crippen molar-refractivity contribution in [3.63, 3.8) is 0 Å². The number of methoxy groups -OCH3 is 1. The highest BCUT2D eigenvalue weighted by atomic mass is 16.5. The topological polar surface area (TPSA) is 192 Å². The number of aliphatic hydroxyl groups excluding tert-OH is 1. The minimum atomic E-state index is -1.32. The lowest BCUT2D eigenvalue weighted by molar-refractivity contribution is -0.870. The summed E-state index contributed by atoms with van der Waals surface area (Å²) in [6.07, 6.45) is 1.94. The van der Waals surface area contributed by atoms with Gasteiger partial charge in [0.25, 0.3) is 5.91 Å². The zero-order valence-corrected chi connectivity index (χ0v) is 34.9. The van der Waals surface area contributed by atoms with Crippen molar-refractivity contribution in [1.29, 1.82) is 0 Å². The third-order valence-electron chi connectivity index (χ3n) is 9.20. The fourth-order valence-electron chi connectivity index (χ4n) is 5.87. The summed E-state index contributed by atoms with van der Waals surface area (Å²) in [4.78, 5) is 79.9. The van der Waals surface area contributed by atoms with E-state index in [9.17, 15) is 33.9 Å². The van der Waals surface area contributed by atoms with Crippen LogP contribution in [-0.4, -0.2) is 117 Å². The molecule has 6 N–H and O–H groups in total. The molecule has 0 aliphatic rings. The maximum Gasteiger partial charge on any atom is 0.330 e. The van der Waals surface area contributed by atoms with Gasteiger partial charge in [-0.25, -0.2) is 4.79 Å². The molecule has 0 aromatic heterocycles. The molecule has 5 atom stereocenters. The standard InChI is InChI=1S/C42H64N6O8/c1-27(2)24-33(40(54)44-32(18-14-15-23-48(7,8)9)38(52)47-35(26-49)41(55)56-10)45-36(50)28(3)43-39(53)34(25-29-16-12-11-13-17-29)46-37(51)30-19-21-31(22-20-30)42(4,5)6/h11-13,16-17,19-22,27-28,32-35,49H,14-15,18,23-26H2,1-10H3,(H4-,43,44,45,46,47,50,51,52,53,54)/p+1/t28-,32-,33-,34-,35-/m0/s1. The Kier molecular flexibility index (Phi) is 18.6. The van der Waals surface area contributed by atoms with Crippen LogP contribution < -0.4 is 26.6 Å². The van der Waals surface area contributed by atoms with Crippen LogP contribution in [0.15, 0.2) is 54.6 Å². The van der Waals surface area contributed by atoms with Crippen molar-refractivity contribution in [3.8, 4) is 0 Å². The number of esters is 1. The van der Waals surface area contributed by atoms with Crippen molar-refractivity contribution >= 4 is 35.5 Å². The van der Waals surface area contributed by atoms with Crippen LogP contribution in [0.25, 0.3) is 0 Å². The molecule has 0 fully saturated rings. The van der Waals surface area contributed by atoms with Gasteiger partial charge in [0.05, 0.1) is 41.4 Å². The minimum absolute atomic E-state index is 0.0474. The van der Waals surface area contributed by atoms with Crippen molar-refractivity contribution in [2.75, 3.05) is 41.4 Å². The summed E-state index contributed by atoms with van der Waals surface area (Å²) in [6.45, 7) is 11.6. The van der Waals surface area contributed by atoms with E-state index in [4.69, 9.17) is 0 Å². The number of benzene rings is 2. The van der Waals surface area contributed by atoms with E-state index in [-0.39, 0.29) is 30.6 Å². The molecule has 0 saturated heterocycles. The lowest BCUT2D eigenvalue weighted by Crippen LogP contribution is -2.59.